The number of aliphatic carboxylic acids is 1. The summed E-state index contributed by atoms with van der Waals surface area (Å²) in [5, 5.41) is 12.4. The predicted octanol–water partition coefficient (Wildman–Crippen LogP) is 2.12. The lowest BCUT2D eigenvalue weighted by atomic mass is 9.74. The molecule has 134 valence electrons. The molecule has 6 nitrogen and oxygen atoms in total. The average molecular weight is 344 g/mol. The number of aryl methyl sites for hydroxylation is 1. The van der Waals surface area contributed by atoms with E-state index >= 15 is 0 Å². The van der Waals surface area contributed by atoms with Crippen LogP contribution in [0.1, 0.15) is 44.6 Å². The molecule has 1 aliphatic carbocycles. The maximum absolute atomic E-state index is 12.6. The molecule has 1 heterocycles. The summed E-state index contributed by atoms with van der Waals surface area (Å²) in [4.78, 5) is 38.0. The highest BCUT2D eigenvalue weighted by Gasteiger charge is 2.42. The topological polar surface area (TPSA) is 86.7 Å². The maximum Gasteiger partial charge on any atom is 0.308 e. The first-order valence-electron chi connectivity index (χ1n) is 8.83. The van der Waals surface area contributed by atoms with Gasteiger partial charge >= 0.3 is 5.97 Å². The van der Waals surface area contributed by atoms with Gasteiger partial charge in [0.2, 0.25) is 11.8 Å². The third kappa shape index (κ3) is 3.52. The number of para-hydroxylation sites is 1. The molecule has 2 N–H and O–H groups in total. The number of nitrogens with zero attached hydrogens (tertiary/aromatic N) is 1. The molecule has 0 aromatic heterocycles. The van der Waals surface area contributed by atoms with Crippen LogP contribution in [0.3, 0.4) is 0 Å². The number of benzene rings is 1. The highest BCUT2D eigenvalue weighted by molar-refractivity contribution is 6.01. The second-order valence-corrected chi connectivity index (χ2v) is 7.21. The van der Waals surface area contributed by atoms with Gasteiger partial charge in [-0.3, -0.25) is 14.4 Å². The summed E-state index contributed by atoms with van der Waals surface area (Å²) in [6.45, 7) is 1.73. The Morgan fingerprint density at radius 3 is 2.80 bits per heavy atom. The Kier molecular flexibility index (Phi) is 4.79. The second-order valence-electron chi connectivity index (χ2n) is 7.21. The minimum absolute atomic E-state index is 0.0717. The van der Waals surface area contributed by atoms with Gasteiger partial charge in [0.15, 0.2) is 0 Å². The van der Waals surface area contributed by atoms with Crippen molar-refractivity contribution in [3.05, 3.63) is 29.8 Å². The zero-order valence-corrected chi connectivity index (χ0v) is 14.5. The van der Waals surface area contributed by atoms with Crippen LogP contribution < -0.4 is 10.2 Å². The normalized spacial score (nSPS) is 26.0. The Morgan fingerprint density at radius 1 is 1.28 bits per heavy atom. The molecule has 0 saturated heterocycles. The molecule has 2 aliphatic rings. The van der Waals surface area contributed by atoms with Gasteiger partial charge < -0.3 is 15.3 Å². The first-order chi connectivity index (χ1) is 11.9. The average Bonchev–Trinajstić information content (AvgIpc) is 2.57. The van der Waals surface area contributed by atoms with E-state index in [0.717, 1.165) is 24.1 Å². The van der Waals surface area contributed by atoms with Gasteiger partial charge in [-0.1, -0.05) is 31.0 Å². The van der Waals surface area contributed by atoms with Crippen molar-refractivity contribution in [3.8, 4) is 0 Å². The molecule has 2 unspecified atom stereocenters. The van der Waals surface area contributed by atoms with Crippen LogP contribution in [0.4, 0.5) is 5.69 Å². The molecule has 25 heavy (non-hydrogen) atoms. The number of carboxylic acid groups (broad SMARTS) is 1. The minimum Gasteiger partial charge on any atom is -0.481 e. The van der Waals surface area contributed by atoms with Crippen LogP contribution in [0.15, 0.2) is 24.3 Å². The van der Waals surface area contributed by atoms with Crippen molar-refractivity contribution in [1.29, 1.82) is 0 Å². The molecule has 1 fully saturated rings. The van der Waals surface area contributed by atoms with Crippen LogP contribution in [0.5, 0.6) is 0 Å². The third-order valence-corrected chi connectivity index (χ3v) is 5.42. The van der Waals surface area contributed by atoms with Crippen LogP contribution in [0.2, 0.25) is 0 Å². The monoisotopic (exact) mass is 344 g/mol. The van der Waals surface area contributed by atoms with E-state index in [9.17, 15) is 19.5 Å². The van der Waals surface area contributed by atoms with E-state index in [2.05, 4.69) is 5.32 Å². The summed E-state index contributed by atoms with van der Waals surface area (Å²) >= 11 is 0. The fourth-order valence-corrected chi connectivity index (χ4v) is 4.05. The number of rotatable bonds is 4. The Bertz CT molecular complexity index is 702. The Labute approximate surface area is 147 Å². The summed E-state index contributed by atoms with van der Waals surface area (Å²) < 4.78 is 0. The van der Waals surface area contributed by atoms with Crippen molar-refractivity contribution < 1.29 is 19.5 Å². The molecule has 1 aromatic carbocycles. The number of carboxylic acids is 1. The van der Waals surface area contributed by atoms with Gasteiger partial charge in [0.25, 0.3) is 0 Å². The molecule has 1 aliphatic heterocycles. The lowest BCUT2D eigenvalue weighted by molar-refractivity contribution is -0.146. The molecule has 0 spiro atoms. The number of carbonyl (C=O) groups is 3. The van der Waals surface area contributed by atoms with Crippen molar-refractivity contribution >= 4 is 23.5 Å². The molecular weight excluding hydrogens is 320 g/mol. The van der Waals surface area contributed by atoms with Crippen molar-refractivity contribution in [1.82, 2.24) is 5.32 Å². The molecule has 0 radical (unpaired) electrons. The highest BCUT2D eigenvalue weighted by atomic mass is 16.4. The maximum atomic E-state index is 12.6. The quantitative estimate of drug-likeness (QED) is 0.876. The van der Waals surface area contributed by atoms with Crippen LogP contribution >= 0.6 is 0 Å². The number of fused-ring (bicyclic) bond motifs is 1. The summed E-state index contributed by atoms with van der Waals surface area (Å²) in [5.74, 6) is -1.84. The molecule has 3 rings (SSSR count). The van der Waals surface area contributed by atoms with Crippen LogP contribution in [0, 0.1) is 5.92 Å². The Balaban J connectivity index is 1.74. The lowest BCUT2D eigenvalue weighted by Gasteiger charge is -2.40. The first kappa shape index (κ1) is 17.5. The zero-order chi connectivity index (χ0) is 18.0. The van der Waals surface area contributed by atoms with Gasteiger partial charge in [-0.25, -0.2) is 0 Å². The van der Waals surface area contributed by atoms with Crippen molar-refractivity contribution in [2.45, 2.75) is 51.0 Å². The third-order valence-electron chi connectivity index (χ3n) is 5.42. The molecule has 1 saturated carbocycles. The van der Waals surface area contributed by atoms with Gasteiger partial charge in [-0.15, -0.1) is 0 Å². The molecule has 0 bridgehead atoms. The van der Waals surface area contributed by atoms with E-state index in [4.69, 9.17) is 0 Å². The molecule has 6 heteroatoms. The van der Waals surface area contributed by atoms with E-state index in [0.29, 0.717) is 25.7 Å². The van der Waals surface area contributed by atoms with E-state index in [1.54, 1.807) is 6.92 Å². The van der Waals surface area contributed by atoms with E-state index < -0.39 is 17.4 Å². The van der Waals surface area contributed by atoms with E-state index in [1.165, 1.54) is 4.90 Å². The van der Waals surface area contributed by atoms with Crippen LogP contribution in [-0.4, -0.2) is 35.0 Å². The second kappa shape index (κ2) is 6.86. The van der Waals surface area contributed by atoms with Gasteiger partial charge in [0.05, 0.1) is 11.5 Å². The lowest BCUT2D eigenvalue weighted by Crippen LogP contribution is -2.57. The van der Waals surface area contributed by atoms with E-state index in [1.807, 2.05) is 24.3 Å². The van der Waals surface area contributed by atoms with Gasteiger partial charge in [-0.05, 0) is 37.8 Å². The molecule has 1 aromatic rings. The fraction of sp³-hybridized carbons (Fsp3) is 0.526. The number of hydrogen-bond donors (Lipinski definition) is 2. The molecule has 2 atom stereocenters. The zero-order valence-electron chi connectivity index (χ0n) is 14.5. The minimum atomic E-state index is -0.873. The smallest absolute Gasteiger partial charge is 0.308 e. The number of hydrogen-bond acceptors (Lipinski definition) is 3. The van der Waals surface area contributed by atoms with Crippen molar-refractivity contribution in [2.75, 3.05) is 11.4 Å². The summed E-state index contributed by atoms with van der Waals surface area (Å²) in [6, 6.07) is 7.59. The van der Waals surface area contributed by atoms with Crippen LogP contribution in [-0.2, 0) is 20.8 Å². The number of amides is 2. The standard InChI is InChI=1S/C19H24N2O4/c1-19(11-5-4-7-14(19)18(24)25)20-16(22)12-21-15-8-3-2-6-13(15)9-10-17(21)23/h2-3,6,8,14H,4-5,7,9-12H2,1H3,(H,20,22)(H,24,25). The van der Waals surface area contributed by atoms with Gasteiger partial charge in [-0.2, -0.15) is 0 Å². The molecular formula is C19H24N2O4. The van der Waals surface area contributed by atoms with Crippen LogP contribution in [0.25, 0.3) is 0 Å². The van der Waals surface area contributed by atoms with E-state index in [-0.39, 0.29) is 18.4 Å². The number of nitrogens with one attached hydrogen (secondary N) is 1. The summed E-state index contributed by atoms with van der Waals surface area (Å²) in [6.07, 6.45) is 4.04. The molecule has 2 amide bonds. The number of anilines is 1. The predicted molar refractivity (Wildman–Crippen MR) is 93.3 cm³/mol. The Hall–Kier alpha value is -2.37. The van der Waals surface area contributed by atoms with Gasteiger partial charge in [0.1, 0.15) is 6.54 Å². The van der Waals surface area contributed by atoms with Crippen molar-refractivity contribution in [2.24, 2.45) is 5.92 Å². The first-order valence-corrected chi connectivity index (χ1v) is 8.83. The fourth-order valence-electron chi connectivity index (χ4n) is 4.05. The summed E-state index contributed by atoms with van der Waals surface area (Å²) in [5.41, 5.74) is 1.07. The van der Waals surface area contributed by atoms with Gasteiger partial charge in [0, 0.05) is 12.1 Å². The van der Waals surface area contributed by atoms with Crippen molar-refractivity contribution in [3.63, 3.8) is 0 Å². The SMILES string of the molecule is CC1(NC(=O)CN2C(=O)CCc3ccccc32)CCCCC1C(=O)O. The number of carbonyl (C=O) groups excluding carboxylic acids is 2. The largest absolute Gasteiger partial charge is 0.481 e. The highest BCUT2D eigenvalue weighted by Crippen LogP contribution is 2.34. The summed E-state index contributed by atoms with van der Waals surface area (Å²) in [7, 11) is 0. The Morgan fingerprint density at radius 2 is 2.04 bits per heavy atom.